The van der Waals surface area contributed by atoms with Gasteiger partial charge in [-0.3, -0.25) is 4.68 Å². The van der Waals surface area contributed by atoms with Crippen molar-refractivity contribution in [3.8, 4) is 0 Å². The molecule has 0 amide bonds. The number of rotatable bonds is 4. The number of nitrogens with zero attached hydrogens (tertiary/aromatic N) is 3. The van der Waals surface area contributed by atoms with Gasteiger partial charge in [0.15, 0.2) is 0 Å². The molecule has 0 aromatic carbocycles. The molecule has 0 saturated carbocycles. The summed E-state index contributed by atoms with van der Waals surface area (Å²) in [6.45, 7) is 8.58. The molecule has 1 saturated heterocycles. The van der Waals surface area contributed by atoms with E-state index in [9.17, 15) is 8.42 Å². The molecule has 7 heteroatoms. The predicted molar refractivity (Wildman–Crippen MR) is 86.7 cm³/mol. The molecule has 1 atom stereocenters. The smallest absolute Gasteiger partial charge is 0.247 e. The molecule has 1 aliphatic heterocycles. The molecule has 3 rings (SSSR count). The summed E-state index contributed by atoms with van der Waals surface area (Å²) in [5.74, 6) is 1.53. The maximum Gasteiger partial charge on any atom is 0.247 e. The summed E-state index contributed by atoms with van der Waals surface area (Å²) in [7, 11) is -3.59. The van der Waals surface area contributed by atoms with Crippen molar-refractivity contribution in [3.63, 3.8) is 0 Å². The van der Waals surface area contributed by atoms with Crippen LogP contribution in [-0.4, -0.2) is 29.0 Å². The Hall–Kier alpha value is -1.60. The Morgan fingerprint density at radius 1 is 1.30 bits per heavy atom. The van der Waals surface area contributed by atoms with Crippen molar-refractivity contribution < 1.29 is 12.8 Å². The first-order valence-corrected chi connectivity index (χ1v) is 9.42. The number of aryl methyl sites for hydroxylation is 3. The van der Waals surface area contributed by atoms with Crippen LogP contribution in [0.15, 0.2) is 21.4 Å². The van der Waals surface area contributed by atoms with Crippen molar-refractivity contribution in [2.24, 2.45) is 0 Å². The summed E-state index contributed by atoms with van der Waals surface area (Å²) in [4.78, 5) is 0.342. The van der Waals surface area contributed by atoms with Crippen LogP contribution < -0.4 is 0 Å². The lowest BCUT2D eigenvalue weighted by atomic mass is 10.2. The van der Waals surface area contributed by atoms with Crippen molar-refractivity contribution in [3.05, 3.63) is 35.0 Å². The summed E-state index contributed by atoms with van der Waals surface area (Å²) in [5.41, 5.74) is 1.26. The third kappa shape index (κ3) is 2.61. The van der Waals surface area contributed by atoms with Crippen molar-refractivity contribution in [2.45, 2.75) is 58.0 Å². The molecule has 126 valence electrons. The van der Waals surface area contributed by atoms with Gasteiger partial charge in [-0.2, -0.15) is 9.40 Å². The highest BCUT2D eigenvalue weighted by Crippen LogP contribution is 2.38. The molecule has 2 aromatic heterocycles. The zero-order chi connectivity index (χ0) is 16.8. The van der Waals surface area contributed by atoms with E-state index in [1.165, 1.54) is 0 Å². The van der Waals surface area contributed by atoms with E-state index in [2.05, 4.69) is 5.10 Å². The van der Waals surface area contributed by atoms with E-state index in [4.69, 9.17) is 4.42 Å². The first kappa shape index (κ1) is 16.3. The number of aromatic nitrogens is 2. The normalized spacial score (nSPS) is 19.6. The molecule has 6 nitrogen and oxygen atoms in total. The van der Waals surface area contributed by atoms with Crippen molar-refractivity contribution in [1.29, 1.82) is 0 Å². The predicted octanol–water partition coefficient (Wildman–Crippen LogP) is 2.95. The summed E-state index contributed by atoms with van der Waals surface area (Å²) in [5, 5.41) is 4.36. The van der Waals surface area contributed by atoms with E-state index in [0.29, 0.717) is 29.4 Å². The monoisotopic (exact) mass is 337 g/mol. The van der Waals surface area contributed by atoms with Crippen LogP contribution in [0.5, 0.6) is 0 Å². The number of sulfonamides is 1. The largest absolute Gasteiger partial charge is 0.465 e. The van der Waals surface area contributed by atoms with E-state index >= 15 is 0 Å². The number of hydrogen-bond acceptors (Lipinski definition) is 4. The molecule has 2 aromatic rings. The first-order chi connectivity index (χ1) is 10.9. The Balaban J connectivity index is 2.04. The second kappa shape index (κ2) is 5.79. The minimum atomic E-state index is -3.59. The minimum Gasteiger partial charge on any atom is -0.465 e. The summed E-state index contributed by atoms with van der Waals surface area (Å²) in [6, 6.07) is 3.53. The van der Waals surface area contributed by atoms with Crippen LogP contribution in [0, 0.1) is 20.8 Å². The van der Waals surface area contributed by atoms with E-state index in [0.717, 1.165) is 24.4 Å². The third-order valence-corrected chi connectivity index (χ3v) is 6.64. The van der Waals surface area contributed by atoms with Gasteiger partial charge in [0.2, 0.25) is 10.0 Å². The highest BCUT2D eigenvalue weighted by Gasteiger charge is 2.40. The molecule has 1 unspecified atom stereocenters. The fourth-order valence-electron chi connectivity index (χ4n) is 3.42. The van der Waals surface area contributed by atoms with E-state index < -0.39 is 10.0 Å². The fraction of sp³-hybridized carbons (Fsp3) is 0.562. The van der Waals surface area contributed by atoms with E-state index in [1.54, 1.807) is 15.9 Å². The Kier molecular flexibility index (Phi) is 4.10. The molecule has 0 aliphatic carbocycles. The van der Waals surface area contributed by atoms with Crippen LogP contribution in [-0.2, 0) is 16.6 Å². The standard InChI is InChI=1S/C16H23N3O3S/c1-5-18-13(4)16(12(3)17-18)23(20,21)19-10-6-7-14(19)15-9-8-11(2)22-15/h8-9,14H,5-7,10H2,1-4H3. The topological polar surface area (TPSA) is 68.3 Å². The third-order valence-electron chi connectivity index (χ3n) is 4.47. The maximum absolute atomic E-state index is 13.2. The lowest BCUT2D eigenvalue weighted by Crippen LogP contribution is -2.31. The van der Waals surface area contributed by atoms with Gasteiger partial charge >= 0.3 is 0 Å². The molecule has 23 heavy (non-hydrogen) atoms. The van der Waals surface area contributed by atoms with Crippen LogP contribution in [0.4, 0.5) is 0 Å². The lowest BCUT2D eigenvalue weighted by Gasteiger charge is -2.22. The van der Waals surface area contributed by atoms with Crippen LogP contribution in [0.2, 0.25) is 0 Å². The van der Waals surface area contributed by atoms with Crippen LogP contribution >= 0.6 is 0 Å². The zero-order valence-electron chi connectivity index (χ0n) is 14.0. The second-order valence-electron chi connectivity index (χ2n) is 6.04. The average molecular weight is 337 g/mol. The van der Waals surface area contributed by atoms with Gasteiger partial charge in [-0.25, -0.2) is 8.42 Å². The molecule has 0 N–H and O–H groups in total. The van der Waals surface area contributed by atoms with Gasteiger partial charge in [0.05, 0.1) is 17.4 Å². The van der Waals surface area contributed by atoms with Crippen LogP contribution in [0.25, 0.3) is 0 Å². The Labute approximate surface area is 137 Å². The molecular formula is C16H23N3O3S. The molecule has 3 heterocycles. The first-order valence-electron chi connectivity index (χ1n) is 7.98. The Morgan fingerprint density at radius 2 is 2.04 bits per heavy atom. The molecule has 1 fully saturated rings. The van der Waals surface area contributed by atoms with Crippen molar-refractivity contribution >= 4 is 10.0 Å². The quantitative estimate of drug-likeness (QED) is 0.860. The van der Waals surface area contributed by atoms with E-state index in [1.807, 2.05) is 32.9 Å². The van der Waals surface area contributed by atoms with Gasteiger partial charge in [-0.05, 0) is 52.7 Å². The molecule has 1 aliphatic rings. The highest BCUT2D eigenvalue weighted by atomic mass is 32.2. The highest BCUT2D eigenvalue weighted by molar-refractivity contribution is 7.89. The van der Waals surface area contributed by atoms with Gasteiger partial charge in [0, 0.05) is 13.1 Å². The average Bonchev–Trinajstić information content (AvgIpc) is 3.17. The summed E-state index contributed by atoms with van der Waals surface area (Å²) in [6.07, 6.45) is 1.62. The molecule has 0 radical (unpaired) electrons. The van der Waals surface area contributed by atoms with Gasteiger partial charge in [0.1, 0.15) is 16.4 Å². The number of hydrogen-bond donors (Lipinski definition) is 0. The van der Waals surface area contributed by atoms with Gasteiger partial charge in [-0.15, -0.1) is 0 Å². The van der Waals surface area contributed by atoms with Gasteiger partial charge < -0.3 is 4.42 Å². The van der Waals surface area contributed by atoms with Crippen molar-refractivity contribution in [1.82, 2.24) is 14.1 Å². The van der Waals surface area contributed by atoms with Gasteiger partial charge in [-0.1, -0.05) is 0 Å². The zero-order valence-corrected chi connectivity index (χ0v) is 14.9. The second-order valence-corrected chi connectivity index (χ2v) is 7.87. The van der Waals surface area contributed by atoms with Crippen molar-refractivity contribution in [2.75, 3.05) is 6.54 Å². The van der Waals surface area contributed by atoms with Gasteiger partial charge in [0.25, 0.3) is 0 Å². The number of furan rings is 1. The lowest BCUT2D eigenvalue weighted by molar-refractivity contribution is 0.334. The van der Waals surface area contributed by atoms with Crippen LogP contribution in [0.3, 0.4) is 0 Å². The SMILES string of the molecule is CCn1nc(C)c(S(=O)(=O)N2CCCC2c2ccc(C)o2)c1C. The van der Waals surface area contributed by atoms with Crippen LogP contribution in [0.1, 0.15) is 48.7 Å². The van der Waals surface area contributed by atoms with E-state index in [-0.39, 0.29) is 6.04 Å². The fourth-order valence-corrected chi connectivity index (χ4v) is 5.46. The summed E-state index contributed by atoms with van der Waals surface area (Å²) >= 11 is 0. The molecular weight excluding hydrogens is 314 g/mol. The minimum absolute atomic E-state index is 0.225. The molecule has 0 bridgehead atoms. The summed E-state index contributed by atoms with van der Waals surface area (Å²) < 4.78 is 35.5. The Bertz CT molecular complexity index is 820. The maximum atomic E-state index is 13.2. The Morgan fingerprint density at radius 3 is 2.61 bits per heavy atom. The molecule has 0 spiro atoms.